The Morgan fingerprint density at radius 2 is 0.684 bits per heavy atom. The normalized spacial score (nSPS) is 3.79. The summed E-state index contributed by atoms with van der Waals surface area (Å²) >= 11 is 2.89. The van der Waals surface area contributed by atoms with Gasteiger partial charge in [0.1, 0.15) is 0 Å². The Hall–Kier alpha value is -3.48. The lowest BCUT2D eigenvalue weighted by Gasteiger charge is -1.56. The van der Waals surface area contributed by atoms with Crippen LogP contribution in [0.15, 0.2) is 0 Å². The summed E-state index contributed by atoms with van der Waals surface area (Å²) in [5, 5.41) is 0. The van der Waals surface area contributed by atoms with Crippen molar-refractivity contribution in [2.75, 3.05) is 0 Å². The van der Waals surface area contributed by atoms with Gasteiger partial charge in [-0.3, -0.25) is 0 Å². The third-order valence-corrected chi connectivity index (χ3v) is 1.19. The molecule has 0 spiro atoms. The van der Waals surface area contributed by atoms with E-state index in [1.807, 2.05) is 0 Å². The molecule has 80 valence electrons. The maximum Gasteiger partial charge on any atom is 0.0117 e. The molecule has 0 aromatic heterocycles. The molecule has 0 N–H and O–H groups in total. The Balaban J connectivity index is 4.32. The number of halogens is 1. The van der Waals surface area contributed by atoms with E-state index in [9.17, 15) is 0 Å². The molecule has 0 aliphatic carbocycles. The molecule has 0 rings (SSSR count). The van der Waals surface area contributed by atoms with Crippen LogP contribution in [0.2, 0.25) is 0 Å². The lowest BCUT2D eigenvalue weighted by Crippen LogP contribution is -1.56. The van der Waals surface area contributed by atoms with Crippen LogP contribution >= 0.6 is 15.9 Å². The summed E-state index contributed by atoms with van der Waals surface area (Å²) in [6.07, 6.45) is 4.89. The predicted molar refractivity (Wildman–Crippen MR) is 80.0 cm³/mol. The van der Waals surface area contributed by atoms with Crippen molar-refractivity contribution in [3.8, 4) is 106 Å². The SMILES string of the molecule is C#CC#CC#CC#CC#CC#CC#CC#CC#CBr. The average Bonchev–Trinajstić information content (AvgIpc) is 2.43. The van der Waals surface area contributed by atoms with E-state index in [0.29, 0.717) is 0 Å². The summed E-state index contributed by atoms with van der Waals surface area (Å²) in [5.74, 6) is 39.0. The molecule has 0 unspecified atom stereocenters. The Labute approximate surface area is 122 Å². The number of rotatable bonds is 0. The highest BCUT2D eigenvalue weighted by Crippen LogP contribution is 1.65. The number of hydrogen-bond acceptors (Lipinski definition) is 0. The van der Waals surface area contributed by atoms with Crippen LogP contribution in [0.25, 0.3) is 0 Å². The zero-order valence-electron chi connectivity index (χ0n) is 9.46. The van der Waals surface area contributed by atoms with Gasteiger partial charge in [0.25, 0.3) is 0 Å². The smallest absolute Gasteiger partial charge is 0.0117 e. The first kappa shape index (κ1) is 15.5. The van der Waals surface area contributed by atoms with E-state index in [2.05, 4.69) is 115 Å². The van der Waals surface area contributed by atoms with Crippen LogP contribution in [0, 0.1) is 106 Å². The van der Waals surface area contributed by atoms with E-state index < -0.39 is 0 Å². The Morgan fingerprint density at radius 1 is 0.421 bits per heavy atom. The summed E-state index contributed by atoms with van der Waals surface area (Å²) < 4.78 is 0. The third-order valence-electron chi connectivity index (χ3n) is 0.994. The van der Waals surface area contributed by atoms with Gasteiger partial charge in [0.2, 0.25) is 0 Å². The van der Waals surface area contributed by atoms with Crippen molar-refractivity contribution in [2.24, 2.45) is 0 Å². The maximum absolute atomic E-state index is 4.89. The van der Waals surface area contributed by atoms with Gasteiger partial charge in [-0.1, -0.05) is 0 Å². The van der Waals surface area contributed by atoms with E-state index in [4.69, 9.17) is 6.42 Å². The van der Waals surface area contributed by atoms with Crippen molar-refractivity contribution in [3.63, 3.8) is 0 Å². The van der Waals surface area contributed by atoms with Gasteiger partial charge in [-0.25, -0.2) is 0 Å². The van der Waals surface area contributed by atoms with Crippen LogP contribution in [0.5, 0.6) is 0 Å². The van der Waals surface area contributed by atoms with Gasteiger partial charge in [-0.2, -0.15) is 0 Å². The molecular formula is C18HBr. The molecule has 0 aliphatic rings. The van der Waals surface area contributed by atoms with Crippen molar-refractivity contribution in [3.05, 3.63) is 0 Å². The van der Waals surface area contributed by atoms with E-state index in [-0.39, 0.29) is 0 Å². The first-order valence-corrected chi connectivity index (χ1v) is 5.27. The first-order valence-electron chi connectivity index (χ1n) is 4.48. The molecule has 0 saturated heterocycles. The third kappa shape index (κ3) is 14.5. The van der Waals surface area contributed by atoms with Crippen LogP contribution in [-0.4, -0.2) is 0 Å². The summed E-state index contributed by atoms with van der Waals surface area (Å²) in [6, 6.07) is 0. The summed E-state index contributed by atoms with van der Waals surface area (Å²) in [4.78, 5) is 2.43. The van der Waals surface area contributed by atoms with Crippen LogP contribution in [0.1, 0.15) is 0 Å². The molecule has 19 heavy (non-hydrogen) atoms. The summed E-state index contributed by atoms with van der Waals surface area (Å²) in [6.45, 7) is 0. The standard InChI is InChI=1S/C18HBr/c1-2-3-4-5-6-7-8-9-10-11-12-13-14-15-16-17-18-19/h1H. The van der Waals surface area contributed by atoms with E-state index in [1.165, 1.54) is 0 Å². The van der Waals surface area contributed by atoms with Crippen LogP contribution < -0.4 is 0 Å². The highest BCUT2D eigenvalue weighted by molar-refractivity contribution is 9.12. The molecule has 0 bridgehead atoms. The van der Waals surface area contributed by atoms with Crippen molar-refractivity contribution >= 4 is 15.9 Å². The fraction of sp³-hybridized carbons (Fsp3) is 0. The highest BCUT2D eigenvalue weighted by Gasteiger charge is 1.57. The fourth-order valence-electron chi connectivity index (χ4n) is 0.466. The molecule has 0 aliphatic heterocycles. The maximum atomic E-state index is 4.89. The number of hydrogen-bond donors (Lipinski definition) is 0. The molecule has 0 heterocycles. The fourth-order valence-corrected chi connectivity index (χ4v) is 0.565. The van der Waals surface area contributed by atoms with E-state index in [0.717, 1.165) is 0 Å². The molecule has 0 aromatic carbocycles. The van der Waals surface area contributed by atoms with Crippen molar-refractivity contribution in [1.82, 2.24) is 0 Å². The Morgan fingerprint density at radius 3 is 0.947 bits per heavy atom. The molecule has 1 heteroatoms. The molecule has 0 nitrogen and oxygen atoms in total. The van der Waals surface area contributed by atoms with Crippen LogP contribution in [0.4, 0.5) is 0 Å². The topological polar surface area (TPSA) is 0 Å². The molecular weight excluding hydrogens is 296 g/mol. The van der Waals surface area contributed by atoms with Gasteiger partial charge >= 0.3 is 0 Å². The van der Waals surface area contributed by atoms with Crippen molar-refractivity contribution < 1.29 is 0 Å². The van der Waals surface area contributed by atoms with Crippen molar-refractivity contribution in [1.29, 1.82) is 0 Å². The van der Waals surface area contributed by atoms with Gasteiger partial charge in [0, 0.05) is 15.9 Å². The van der Waals surface area contributed by atoms with Gasteiger partial charge < -0.3 is 0 Å². The number of terminal acetylenes is 1. The second-order valence-electron chi connectivity index (χ2n) is 2.11. The largest absolute Gasteiger partial charge is 0.106 e. The lowest BCUT2D eigenvalue weighted by molar-refractivity contribution is 2.33. The predicted octanol–water partition coefficient (Wildman–Crippen LogP) is 0.999. The first-order chi connectivity index (χ1) is 9.41. The Kier molecular flexibility index (Phi) is 11.9. The molecule has 0 aromatic rings. The molecule has 0 radical (unpaired) electrons. The summed E-state index contributed by atoms with van der Waals surface area (Å²) in [5.41, 5.74) is 0. The van der Waals surface area contributed by atoms with Crippen LogP contribution in [-0.2, 0) is 0 Å². The quantitative estimate of drug-likeness (QED) is 0.585. The average molecular weight is 297 g/mol. The lowest BCUT2D eigenvalue weighted by atomic mass is 10.5. The van der Waals surface area contributed by atoms with E-state index >= 15 is 0 Å². The van der Waals surface area contributed by atoms with Gasteiger partial charge in [0.05, 0.1) is 0 Å². The minimum Gasteiger partial charge on any atom is -0.106 e. The minimum absolute atomic E-state index is 2.12. The Bertz CT molecular complexity index is 863. The minimum atomic E-state index is 2.12. The summed E-state index contributed by atoms with van der Waals surface area (Å²) in [7, 11) is 0. The van der Waals surface area contributed by atoms with E-state index in [1.54, 1.807) is 0 Å². The zero-order valence-corrected chi connectivity index (χ0v) is 11.0. The van der Waals surface area contributed by atoms with Crippen molar-refractivity contribution in [2.45, 2.75) is 0 Å². The molecule has 0 fully saturated rings. The van der Waals surface area contributed by atoms with Gasteiger partial charge in [0.15, 0.2) is 0 Å². The molecule has 0 atom stereocenters. The molecule has 0 amide bonds. The van der Waals surface area contributed by atoms with Crippen LogP contribution in [0.3, 0.4) is 0 Å². The molecule has 0 saturated carbocycles. The monoisotopic (exact) mass is 296 g/mol. The van der Waals surface area contributed by atoms with Gasteiger partial charge in [-0.05, 0) is 99.6 Å². The second-order valence-corrected chi connectivity index (χ2v) is 2.51. The highest BCUT2D eigenvalue weighted by atomic mass is 79.9. The zero-order chi connectivity index (χ0) is 14.0. The van der Waals surface area contributed by atoms with Gasteiger partial charge in [-0.15, -0.1) is 6.42 Å². The second kappa shape index (κ2) is 14.5.